The van der Waals surface area contributed by atoms with E-state index in [1.54, 1.807) is 4.68 Å². The van der Waals surface area contributed by atoms with Crippen molar-refractivity contribution in [2.45, 2.75) is 32.4 Å². The summed E-state index contributed by atoms with van der Waals surface area (Å²) >= 11 is 0. The van der Waals surface area contributed by atoms with Crippen LogP contribution in [0.2, 0.25) is 0 Å². The van der Waals surface area contributed by atoms with E-state index in [4.69, 9.17) is 5.73 Å². The third-order valence-electron chi connectivity index (χ3n) is 3.18. The Hall–Kier alpha value is -1.36. The number of carbonyl (C=O) groups excluding carboxylic acids is 1. The van der Waals surface area contributed by atoms with E-state index >= 15 is 0 Å². The Morgan fingerprint density at radius 3 is 2.81 bits per heavy atom. The van der Waals surface area contributed by atoms with E-state index < -0.39 is 0 Å². The monoisotopic (exact) mass is 222 g/mol. The quantitative estimate of drug-likeness (QED) is 0.785. The maximum absolute atomic E-state index is 11.7. The molecule has 0 aliphatic carbocycles. The normalized spacial score (nSPS) is 25.5. The summed E-state index contributed by atoms with van der Waals surface area (Å²) in [6, 6.07) is -0.124. The van der Waals surface area contributed by atoms with E-state index in [-0.39, 0.29) is 18.0 Å². The molecule has 0 saturated carbocycles. The van der Waals surface area contributed by atoms with Gasteiger partial charge in [0.05, 0.1) is 11.7 Å². The zero-order valence-electron chi connectivity index (χ0n) is 9.97. The molecule has 2 N–H and O–H groups in total. The third kappa shape index (κ3) is 1.61. The van der Waals surface area contributed by atoms with Crippen molar-refractivity contribution >= 4 is 5.91 Å². The molecule has 88 valence electrons. The predicted molar refractivity (Wildman–Crippen MR) is 60.7 cm³/mol. The van der Waals surface area contributed by atoms with Crippen molar-refractivity contribution in [3.05, 3.63) is 17.5 Å². The zero-order valence-corrected chi connectivity index (χ0v) is 9.97. The molecule has 2 atom stereocenters. The second kappa shape index (κ2) is 3.90. The number of nitrogens with zero attached hydrogens (tertiary/aromatic N) is 3. The smallest absolute Gasteiger partial charge is 0.224 e. The van der Waals surface area contributed by atoms with Crippen LogP contribution in [-0.4, -0.2) is 33.2 Å². The van der Waals surface area contributed by atoms with Gasteiger partial charge in [0.1, 0.15) is 0 Å². The number of rotatable bonds is 2. The number of likely N-dealkylation sites (N-methyl/N-ethyl adjacent to an activating group) is 1. The number of amides is 1. The summed E-state index contributed by atoms with van der Waals surface area (Å²) in [4.78, 5) is 13.6. The second-order valence-electron chi connectivity index (χ2n) is 4.34. The van der Waals surface area contributed by atoms with E-state index in [0.717, 1.165) is 11.3 Å². The van der Waals surface area contributed by atoms with Gasteiger partial charge in [-0.1, -0.05) is 0 Å². The molecule has 5 nitrogen and oxygen atoms in total. The van der Waals surface area contributed by atoms with Gasteiger partial charge in [0.25, 0.3) is 0 Å². The molecule has 0 unspecified atom stereocenters. The lowest BCUT2D eigenvalue weighted by Crippen LogP contribution is -2.33. The van der Waals surface area contributed by atoms with Gasteiger partial charge in [-0.25, -0.2) is 0 Å². The van der Waals surface area contributed by atoms with E-state index in [1.165, 1.54) is 0 Å². The third-order valence-corrected chi connectivity index (χ3v) is 3.18. The van der Waals surface area contributed by atoms with E-state index in [1.807, 2.05) is 32.0 Å². The van der Waals surface area contributed by atoms with Crippen LogP contribution in [0.1, 0.15) is 30.6 Å². The summed E-state index contributed by atoms with van der Waals surface area (Å²) < 4.78 is 1.77. The van der Waals surface area contributed by atoms with Crippen LogP contribution in [0.25, 0.3) is 0 Å². The molecule has 1 amide bonds. The highest BCUT2D eigenvalue weighted by Crippen LogP contribution is 2.32. The molecule has 0 radical (unpaired) electrons. The lowest BCUT2D eigenvalue weighted by atomic mass is 10.0. The summed E-state index contributed by atoms with van der Waals surface area (Å²) in [5, 5.41) is 4.31. The number of hydrogen-bond acceptors (Lipinski definition) is 3. The first-order chi connectivity index (χ1) is 7.54. The van der Waals surface area contributed by atoms with Crippen LogP contribution < -0.4 is 5.73 Å². The lowest BCUT2D eigenvalue weighted by Gasteiger charge is -2.25. The van der Waals surface area contributed by atoms with Crippen molar-refractivity contribution in [2.75, 3.05) is 6.54 Å². The highest BCUT2D eigenvalue weighted by molar-refractivity contribution is 5.80. The maximum atomic E-state index is 11.7. The summed E-state index contributed by atoms with van der Waals surface area (Å²) in [6.45, 7) is 4.64. The molecule has 1 aromatic rings. The van der Waals surface area contributed by atoms with Gasteiger partial charge in [0.2, 0.25) is 5.91 Å². The Morgan fingerprint density at radius 2 is 2.31 bits per heavy atom. The first kappa shape index (κ1) is 11.1. The fourth-order valence-corrected chi connectivity index (χ4v) is 2.50. The molecule has 1 fully saturated rings. The van der Waals surface area contributed by atoms with Crippen molar-refractivity contribution in [1.29, 1.82) is 0 Å². The summed E-state index contributed by atoms with van der Waals surface area (Å²) in [6.07, 6.45) is 2.40. The van der Waals surface area contributed by atoms with Crippen molar-refractivity contribution in [1.82, 2.24) is 14.7 Å². The van der Waals surface area contributed by atoms with Crippen LogP contribution in [-0.2, 0) is 11.8 Å². The summed E-state index contributed by atoms with van der Waals surface area (Å²) in [7, 11) is 1.88. The first-order valence-corrected chi connectivity index (χ1v) is 5.59. The number of nitrogens with two attached hydrogens (primary N) is 1. The van der Waals surface area contributed by atoms with Crippen molar-refractivity contribution < 1.29 is 4.79 Å². The molecular formula is C11H18N4O. The zero-order chi connectivity index (χ0) is 11.9. The molecule has 1 aliphatic rings. The molecule has 2 heterocycles. The molecule has 16 heavy (non-hydrogen) atoms. The minimum atomic E-state index is -0.115. The Balaban J connectivity index is 2.38. The molecule has 0 aromatic carbocycles. The van der Waals surface area contributed by atoms with Crippen molar-refractivity contribution in [3.63, 3.8) is 0 Å². The number of aryl methyl sites for hydroxylation is 2. The fourth-order valence-electron chi connectivity index (χ4n) is 2.50. The predicted octanol–water partition coefficient (Wildman–Crippen LogP) is 0.349. The van der Waals surface area contributed by atoms with Crippen molar-refractivity contribution in [3.8, 4) is 0 Å². The standard InChI is InChI=1S/C11H18N4O/c1-4-15-10(16)5-9(12)11(15)8-6-14(3)13-7(8)2/h6,9,11H,4-5,12H2,1-3H3/t9-,11+/m0/s1. The van der Waals surface area contributed by atoms with Gasteiger partial charge in [-0.15, -0.1) is 0 Å². The SMILES string of the molecule is CCN1C(=O)C[C@H](N)[C@H]1c1cn(C)nc1C. The van der Waals surface area contributed by atoms with Crippen LogP contribution in [0.4, 0.5) is 0 Å². The van der Waals surface area contributed by atoms with Crippen LogP contribution in [0.5, 0.6) is 0 Å². The molecule has 0 spiro atoms. The van der Waals surface area contributed by atoms with Gasteiger partial charge >= 0.3 is 0 Å². The molecule has 1 aliphatic heterocycles. The van der Waals surface area contributed by atoms with Crippen LogP contribution >= 0.6 is 0 Å². The van der Waals surface area contributed by atoms with E-state index in [2.05, 4.69) is 5.10 Å². The first-order valence-electron chi connectivity index (χ1n) is 5.59. The van der Waals surface area contributed by atoms with Gasteiger partial charge in [0.15, 0.2) is 0 Å². The minimum Gasteiger partial charge on any atom is -0.334 e. The van der Waals surface area contributed by atoms with Gasteiger partial charge < -0.3 is 10.6 Å². The Labute approximate surface area is 95.2 Å². The minimum absolute atomic E-state index is 0.00815. The summed E-state index contributed by atoms with van der Waals surface area (Å²) in [5.41, 5.74) is 8.07. The fraction of sp³-hybridized carbons (Fsp3) is 0.636. The number of carbonyl (C=O) groups is 1. The van der Waals surface area contributed by atoms with Gasteiger partial charge in [-0.2, -0.15) is 5.10 Å². The van der Waals surface area contributed by atoms with Crippen LogP contribution in [0.3, 0.4) is 0 Å². The summed E-state index contributed by atoms with van der Waals surface area (Å²) in [5.74, 6) is 0.142. The highest BCUT2D eigenvalue weighted by atomic mass is 16.2. The topological polar surface area (TPSA) is 64.2 Å². The number of likely N-dealkylation sites (tertiary alicyclic amines) is 1. The van der Waals surface area contributed by atoms with E-state index in [9.17, 15) is 4.79 Å². The Morgan fingerprint density at radius 1 is 1.62 bits per heavy atom. The average Bonchev–Trinajstić information content (AvgIpc) is 2.66. The van der Waals surface area contributed by atoms with E-state index in [0.29, 0.717) is 13.0 Å². The Bertz CT molecular complexity index is 412. The average molecular weight is 222 g/mol. The van der Waals surface area contributed by atoms with Crippen molar-refractivity contribution in [2.24, 2.45) is 12.8 Å². The maximum Gasteiger partial charge on any atom is 0.224 e. The molecule has 0 bridgehead atoms. The highest BCUT2D eigenvalue weighted by Gasteiger charge is 2.39. The number of hydrogen-bond donors (Lipinski definition) is 1. The molecule has 5 heteroatoms. The van der Waals surface area contributed by atoms with Crippen LogP contribution in [0.15, 0.2) is 6.20 Å². The Kier molecular flexibility index (Phi) is 2.71. The largest absolute Gasteiger partial charge is 0.334 e. The van der Waals surface area contributed by atoms with Gasteiger partial charge in [0, 0.05) is 37.8 Å². The van der Waals surface area contributed by atoms with Gasteiger partial charge in [-0.3, -0.25) is 9.48 Å². The van der Waals surface area contributed by atoms with Crippen LogP contribution in [0, 0.1) is 6.92 Å². The number of aromatic nitrogens is 2. The molecular weight excluding hydrogens is 204 g/mol. The van der Waals surface area contributed by atoms with Gasteiger partial charge in [-0.05, 0) is 13.8 Å². The molecule has 1 aromatic heterocycles. The second-order valence-corrected chi connectivity index (χ2v) is 4.34. The molecule has 1 saturated heterocycles. The molecule has 2 rings (SSSR count). The lowest BCUT2D eigenvalue weighted by molar-refractivity contribution is -0.128.